The van der Waals surface area contributed by atoms with Crippen LogP contribution in [0.15, 0.2) is 11.6 Å². The highest BCUT2D eigenvalue weighted by molar-refractivity contribution is 5.87. The average molecular weight is 214 g/mol. The molecule has 0 aromatic rings. The van der Waals surface area contributed by atoms with E-state index in [1.807, 2.05) is 19.9 Å². The SMILES string of the molecule is COCC(=O)N[C@@H](CC=C(C)C)C(N)=O. The molecule has 5 heteroatoms. The van der Waals surface area contributed by atoms with Gasteiger partial charge in [0, 0.05) is 7.11 Å². The van der Waals surface area contributed by atoms with Crippen molar-refractivity contribution in [2.75, 3.05) is 13.7 Å². The fourth-order valence-corrected chi connectivity index (χ4v) is 0.967. The highest BCUT2D eigenvalue weighted by Gasteiger charge is 2.16. The lowest BCUT2D eigenvalue weighted by Gasteiger charge is -2.13. The van der Waals surface area contributed by atoms with Crippen molar-refractivity contribution >= 4 is 11.8 Å². The van der Waals surface area contributed by atoms with E-state index in [1.165, 1.54) is 7.11 Å². The predicted molar refractivity (Wildman–Crippen MR) is 57.0 cm³/mol. The molecule has 0 aromatic carbocycles. The van der Waals surface area contributed by atoms with Crippen LogP contribution in [0.25, 0.3) is 0 Å². The summed E-state index contributed by atoms with van der Waals surface area (Å²) in [4.78, 5) is 22.1. The fourth-order valence-electron chi connectivity index (χ4n) is 0.967. The zero-order valence-corrected chi connectivity index (χ0v) is 9.37. The van der Waals surface area contributed by atoms with Gasteiger partial charge in [0.15, 0.2) is 0 Å². The number of ether oxygens (including phenoxy) is 1. The van der Waals surface area contributed by atoms with Crippen LogP contribution in [-0.2, 0) is 14.3 Å². The Balaban J connectivity index is 4.22. The van der Waals surface area contributed by atoms with E-state index in [-0.39, 0.29) is 12.5 Å². The summed E-state index contributed by atoms with van der Waals surface area (Å²) < 4.78 is 4.63. The minimum atomic E-state index is -0.664. The van der Waals surface area contributed by atoms with Gasteiger partial charge in [0.05, 0.1) is 0 Å². The van der Waals surface area contributed by atoms with Crippen LogP contribution >= 0.6 is 0 Å². The highest BCUT2D eigenvalue weighted by atomic mass is 16.5. The maximum atomic E-state index is 11.1. The summed E-state index contributed by atoms with van der Waals surface area (Å²) >= 11 is 0. The van der Waals surface area contributed by atoms with Crippen molar-refractivity contribution in [3.8, 4) is 0 Å². The van der Waals surface area contributed by atoms with Crippen molar-refractivity contribution in [3.05, 3.63) is 11.6 Å². The van der Waals surface area contributed by atoms with Crippen LogP contribution in [0.1, 0.15) is 20.3 Å². The van der Waals surface area contributed by atoms with E-state index in [1.54, 1.807) is 0 Å². The molecule has 0 aromatic heterocycles. The van der Waals surface area contributed by atoms with Gasteiger partial charge in [-0.05, 0) is 20.3 Å². The number of carbonyl (C=O) groups is 2. The third-order valence-electron chi connectivity index (χ3n) is 1.72. The number of nitrogens with one attached hydrogen (secondary N) is 1. The summed E-state index contributed by atoms with van der Waals surface area (Å²) in [7, 11) is 1.41. The van der Waals surface area contributed by atoms with Gasteiger partial charge in [-0.15, -0.1) is 0 Å². The van der Waals surface area contributed by atoms with Gasteiger partial charge in [0.2, 0.25) is 11.8 Å². The molecule has 0 radical (unpaired) electrons. The minimum Gasteiger partial charge on any atom is -0.375 e. The molecule has 0 aliphatic rings. The van der Waals surface area contributed by atoms with Crippen LogP contribution in [0.4, 0.5) is 0 Å². The Bertz CT molecular complexity index is 257. The molecule has 86 valence electrons. The first kappa shape index (κ1) is 13.6. The van der Waals surface area contributed by atoms with Crippen LogP contribution in [0, 0.1) is 0 Å². The second kappa shape index (κ2) is 7.00. The molecule has 0 saturated heterocycles. The largest absolute Gasteiger partial charge is 0.375 e. The molecule has 0 rings (SSSR count). The van der Waals surface area contributed by atoms with E-state index >= 15 is 0 Å². The number of allylic oxidation sites excluding steroid dienone is 1. The molecule has 15 heavy (non-hydrogen) atoms. The molecule has 0 aliphatic heterocycles. The van der Waals surface area contributed by atoms with E-state index in [0.717, 1.165) is 5.57 Å². The number of hydrogen-bond donors (Lipinski definition) is 2. The Labute approximate surface area is 89.7 Å². The Morgan fingerprint density at radius 2 is 2.07 bits per heavy atom. The zero-order chi connectivity index (χ0) is 11.8. The molecule has 0 spiro atoms. The first-order chi connectivity index (χ1) is 6.97. The summed E-state index contributed by atoms with van der Waals surface area (Å²) in [5.41, 5.74) is 6.22. The first-order valence-electron chi connectivity index (χ1n) is 4.68. The summed E-state index contributed by atoms with van der Waals surface area (Å²) in [5, 5.41) is 2.49. The lowest BCUT2D eigenvalue weighted by atomic mass is 10.1. The molecule has 0 unspecified atom stereocenters. The lowest BCUT2D eigenvalue weighted by Crippen LogP contribution is -2.45. The molecule has 2 amide bonds. The van der Waals surface area contributed by atoms with Gasteiger partial charge in [-0.1, -0.05) is 11.6 Å². The molecule has 0 saturated carbocycles. The molecule has 5 nitrogen and oxygen atoms in total. The molecular weight excluding hydrogens is 196 g/mol. The maximum absolute atomic E-state index is 11.1. The number of amides is 2. The molecular formula is C10H18N2O3. The zero-order valence-electron chi connectivity index (χ0n) is 9.37. The van der Waals surface area contributed by atoms with Crippen LogP contribution in [0.2, 0.25) is 0 Å². The molecule has 0 aliphatic carbocycles. The third kappa shape index (κ3) is 6.68. The van der Waals surface area contributed by atoms with Gasteiger partial charge >= 0.3 is 0 Å². The van der Waals surface area contributed by atoms with Gasteiger partial charge in [-0.25, -0.2) is 0 Å². The number of primary amides is 1. The van der Waals surface area contributed by atoms with E-state index < -0.39 is 11.9 Å². The summed E-state index contributed by atoms with van der Waals surface area (Å²) in [6.45, 7) is 3.75. The number of rotatable bonds is 6. The third-order valence-corrected chi connectivity index (χ3v) is 1.72. The highest BCUT2D eigenvalue weighted by Crippen LogP contribution is 1.98. The fraction of sp³-hybridized carbons (Fsp3) is 0.600. The average Bonchev–Trinajstić information content (AvgIpc) is 2.11. The number of hydrogen-bond acceptors (Lipinski definition) is 3. The Morgan fingerprint density at radius 3 is 2.47 bits per heavy atom. The second-order valence-corrected chi connectivity index (χ2v) is 3.47. The van der Waals surface area contributed by atoms with Crippen molar-refractivity contribution < 1.29 is 14.3 Å². The standard InChI is InChI=1S/C10H18N2O3/c1-7(2)4-5-8(10(11)14)12-9(13)6-15-3/h4,8H,5-6H2,1-3H3,(H2,11,14)(H,12,13)/t8-/m0/s1. The van der Waals surface area contributed by atoms with Crippen molar-refractivity contribution in [1.82, 2.24) is 5.32 Å². The van der Waals surface area contributed by atoms with Gasteiger partial charge in [-0.2, -0.15) is 0 Å². The smallest absolute Gasteiger partial charge is 0.246 e. The first-order valence-corrected chi connectivity index (χ1v) is 4.68. The Hall–Kier alpha value is -1.36. The van der Waals surface area contributed by atoms with E-state index in [9.17, 15) is 9.59 Å². The Morgan fingerprint density at radius 1 is 1.47 bits per heavy atom. The van der Waals surface area contributed by atoms with Gasteiger partial charge < -0.3 is 15.8 Å². The van der Waals surface area contributed by atoms with Crippen LogP contribution in [0.3, 0.4) is 0 Å². The van der Waals surface area contributed by atoms with Crippen LogP contribution < -0.4 is 11.1 Å². The van der Waals surface area contributed by atoms with E-state index in [4.69, 9.17) is 5.73 Å². The molecule has 3 N–H and O–H groups in total. The number of nitrogens with two attached hydrogens (primary N) is 1. The van der Waals surface area contributed by atoms with Gasteiger partial charge in [0.1, 0.15) is 12.6 Å². The summed E-state index contributed by atoms with van der Waals surface area (Å²) in [5.74, 6) is -0.889. The summed E-state index contributed by atoms with van der Waals surface area (Å²) in [6, 6.07) is -0.664. The maximum Gasteiger partial charge on any atom is 0.246 e. The second-order valence-electron chi connectivity index (χ2n) is 3.47. The van der Waals surface area contributed by atoms with Crippen molar-refractivity contribution in [3.63, 3.8) is 0 Å². The van der Waals surface area contributed by atoms with Crippen molar-refractivity contribution in [1.29, 1.82) is 0 Å². The predicted octanol–water partition coefficient (Wildman–Crippen LogP) is -0.0408. The van der Waals surface area contributed by atoms with E-state index in [2.05, 4.69) is 10.1 Å². The molecule has 0 bridgehead atoms. The van der Waals surface area contributed by atoms with Crippen molar-refractivity contribution in [2.24, 2.45) is 5.73 Å². The molecule has 0 fully saturated rings. The molecule has 0 heterocycles. The van der Waals surface area contributed by atoms with E-state index in [0.29, 0.717) is 6.42 Å². The topological polar surface area (TPSA) is 81.4 Å². The van der Waals surface area contributed by atoms with Crippen LogP contribution in [0.5, 0.6) is 0 Å². The Kier molecular flexibility index (Phi) is 6.37. The normalized spacial score (nSPS) is 11.7. The van der Waals surface area contributed by atoms with Crippen molar-refractivity contribution in [2.45, 2.75) is 26.3 Å². The van der Waals surface area contributed by atoms with Gasteiger partial charge in [-0.3, -0.25) is 9.59 Å². The monoisotopic (exact) mass is 214 g/mol. The quantitative estimate of drug-likeness (QED) is 0.609. The number of methoxy groups -OCH3 is 1. The minimum absolute atomic E-state index is 0.0708. The lowest BCUT2D eigenvalue weighted by molar-refractivity contribution is -0.129. The van der Waals surface area contributed by atoms with Gasteiger partial charge in [0.25, 0.3) is 0 Å². The summed E-state index contributed by atoms with van der Waals surface area (Å²) in [6.07, 6.45) is 2.26. The van der Waals surface area contributed by atoms with Crippen LogP contribution in [-0.4, -0.2) is 31.6 Å². The number of carbonyl (C=O) groups excluding carboxylic acids is 2. The molecule has 1 atom stereocenters.